The maximum atomic E-state index is 12.0. The predicted octanol–water partition coefficient (Wildman–Crippen LogP) is 1.77. The highest BCUT2D eigenvalue weighted by Gasteiger charge is 2.25. The first-order valence-electron chi connectivity index (χ1n) is 7.72. The molecule has 24 heavy (non-hydrogen) atoms. The molecule has 8 nitrogen and oxygen atoms in total. The zero-order valence-corrected chi connectivity index (χ0v) is 17.0. The van der Waals surface area contributed by atoms with Crippen molar-refractivity contribution in [2.75, 3.05) is 30.8 Å². The van der Waals surface area contributed by atoms with Gasteiger partial charge in [-0.25, -0.2) is 17.9 Å². The Kier molecular flexibility index (Phi) is 6.99. The van der Waals surface area contributed by atoms with Crippen LogP contribution in [-0.2, 0) is 26.2 Å². The molecule has 0 N–H and O–H groups in total. The van der Waals surface area contributed by atoms with Crippen LogP contribution < -0.4 is 4.31 Å². The van der Waals surface area contributed by atoms with Crippen LogP contribution in [0.4, 0.5) is 5.82 Å². The van der Waals surface area contributed by atoms with E-state index in [0.717, 1.165) is 16.6 Å². The van der Waals surface area contributed by atoms with E-state index in [2.05, 4.69) is 24.7 Å². The summed E-state index contributed by atoms with van der Waals surface area (Å²) in [6, 6.07) is 1.01. The molecule has 1 rings (SSSR count). The van der Waals surface area contributed by atoms with Gasteiger partial charge in [0, 0.05) is 27.9 Å². The van der Waals surface area contributed by atoms with Crippen molar-refractivity contribution in [3.05, 3.63) is 11.8 Å². The summed E-state index contributed by atoms with van der Waals surface area (Å²) >= 11 is 0. The van der Waals surface area contributed by atoms with E-state index in [4.69, 9.17) is 9.47 Å². The summed E-state index contributed by atoms with van der Waals surface area (Å²) in [4.78, 5) is 12.0. The van der Waals surface area contributed by atoms with Gasteiger partial charge in [0.1, 0.15) is 12.3 Å². The van der Waals surface area contributed by atoms with E-state index >= 15 is 0 Å². The number of ether oxygens (including phenoxy) is 2. The minimum atomic E-state index is -3.54. The predicted molar refractivity (Wildman–Crippen MR) is 95.5 cm³/mol. The fourth-order valence-corrected chi connectivity index (χ4v) is 2.96. The molecule has 0 aromatic carbocycles. The Labute approximate surface area is 144 Å². The van der Waals surface area contributed by atoms with Gasteiger partial charge in [-0.05, 0) is 13.0 Å². The Bertz CT molecular complexity index is 666. The summed E-state index contributed by atoms with van der Waals surface area (Å²) in [7, 11) is -3.39. The first-order valence-corrected chi connectivity index (χ1v) is 13.3. The third-order valence-corrected chi connectivity index (χ3v) is 6.13. The van der Waals surface area contributed by atoms with Gasteiger partial charge in [0.05, 0.1) is 12.9 Å². The first-order chi connectivity index (χ1) is 11.0. The molecule has 10 heteroatoms. The third kappa shape index (κ3) is 6.25. The molecule has 0 fully saturated rings. The van der Waals surface area contributed by atoms with Crippen molar-refractivity contribution < 1.29 is 22.7 Å². The van der Waals surface area contributed by atoms with Crippen molar-refractivity contribution in [1.82, 2.24) is 9.78 Å². The largest absolute Gasteiger partial charge is 0.462 e. The van der Waals surface area contributed by atoms with Crippen molar-refractivity contribution in [3.63, 3.8) is 0 Å². The Morgan fingerprint density at radius 3 is 2.50 bits per heavy atom. The number of anilines is 1. The average molecular weight is 378 g/mol. The maximum Gasteiger partial charge on any atom is 0.343 e. The lowest BCUT2D eigenvalue weighted by atomic mass is 10.3. The standard InChI is InChI=1S/C14H27N3O5SSi/c1-7-22-14(18)12-10-17(11-21-8-9-24(4,5)6)15-13(12)16(2)23(3,19)20/h10H,7-9,11H2,1-6H3. The molecular weight excluding hydrogens is 350 g/mol. The zero-order valence-electron chi connectivity index (χ0n) is 15.2. The second-order valence-electron chi connectivity index (χ2n) is 6.70. The molecular formula is C14H27N3O5SSi. The van der Waals surface area contributed by atoms with Crippen LogP contribution in [0.15, 0.2) is 6.20 Å². The number of carbonyl (C=O) groups excluding carboxylic acids is 1. The van der Waals surface area contributed by atoms with E-state index in [0.29, 0.717) is 6.61 Å². The molecule has 0 unspecified atom stereocenters. The Hall–Kier alpha value is -1.39. The lowest BCUT2D eigenvalue weighted by Gasteiger charge is -2.15. The molecule has 0 aliphatic rings. The lowest BCUT2D eigenvalue weighted by Crippen LogP contribution is -2.27. The molecule has 1 heterocycles. The van der Waals surface area contributed by atoms with E-state index in [-0.39, 0.29) is 24.7 Å². The van der Waals surface area contributed by atoms with Crippen LogP contribution in [0.3, 0.4) is 0 Å². The van der Waals surface area contributed by atoms with E-state index in [9.17, 15) is 13.2 Å². The minimum absolute atomic E-state index is 0.0322. The molecule has 1 aromatic heterocycles. The topological polar surface area (TPSA) is 90.7 Å². The lowest BCUT2D eigenvalue weighted by molar-refractivity contribution is 0.0525. The van der Waals surface area contributed by atoms with Crippen molar-refractivity contribution in [2.24, 2.45) is 0 Å². The highest BCUT2D eigenvalue weighted by molar-refractivity contribution is 7.92. The van der Waals surface area contributed by atoms with Crippen molar-refractivity contribution in [2.45, 2.75) is 39.3 Å². The maximum absolute atomic E-state index is 12.0. The molecule has 0 radical (unpaired) electrons. The van der Waals surface area contributed by atoms with Crippen molar-refractivity contribution >= 4 is 29.9 Å². The van der Waals surface area contributed by atoms with E-state index in [1.54, 1.807) is 6.92 Å². The summed E-state index contributed by atoms with van der Waals surface area (Å²) < 4.78 is 36.4. The van der Waals surface area contributed by atoms with Gasteiger partial charge in [0.2, 0.25) is 10.0 Å². The molecule has 0 saturated carbocycles. The van der Waals surface area contributed by atoms with Crippen LogP contribution in [0.5, 0.6) is 0 Å². The Balaban J connectivity index is 2.93. The van der Waals surface area contributed by atoms with E-state index in [1.807, 2.05) is 0 Å². The number of esters is 1. The molecule has 0 aliphatic heterocycles. The minimum Gasteiger partial charge on any atom is -0.462 e. The average Bonchev–Trinajstić information content (AvgIpc) is 2.85. The van der Waals surface area contributed by atoms with Gasteiger partial charge in [0.15, 0.2) is 5.82 Å². The third-order valence-electron chi connectivity index (χ3n) is 3.25. The zero-order chi connectivity index (χ0) is 18.5. The summed E-state index contributed by atoms with van der Waals surface area (Å²) in [5.74, 6) is -0.582. The van der Waals surface area contributed by atoms with Crippen LogP contribution in [-0.4, -0.2) is 58.8 Å². The number of nitrogens with zero attached hydrogens (tertiary/aromatic N) is 3. The second kappa shape index (κ2) is 8.12. The van der Waals surface area contributed by atoms with Gasteiger partial charge >= 0.3 is 5.97 Å². The van der Waals surface area contributed by atoms with E-state index < -0.39 is 24.1 Å². The van der Waals surface area contributed by atoms with Gasteiger partial charge in [-0.3, -0.25) is 4.31 Å². The second-order valence-corrected chi connectivity index (χ2v) is 14.3. The summed E-state index contributed by atoms with van der Waals surface area (Å²) in [6.45, 7) is 9.38. The van der Waals surface area contributed by atoms with Crippen LogP contribution in [0.1, 0.15) is 17.3 Å². The molecule has 0 saturated heterocycles. The number of aromatic nitrogens is 2. The number of hydrogen-bond acceptors (Lipinski definition) is 6. The normalized spacial score (nSPS) is 12.2. The van der Waals surface area contributed by atoms with Gasteiger partial charge < -0.3 is 9.47 Å². The molecule has 1 aromatic rings. The molecule has 0 atom stereocenters. The number of carbonyl (C=O) groups is 1. The SMILES string of the molecule is CCOC(=O)c1cn(COCC[Si](C)(C)C)nc1N(C)S(C)(=O)=O. The molecule has 0 amide bonds. The summed E-state index contributed by atoms with van der Waals surface area (Å²) in [6.07, 6.45) is 2.49. The smallest absolute Gasteiger partial charge is 0.343 e. The van der Waals surface area contributed by atoms with Gasteiger partial charge in [-0.2, -0.15) is 5.10 Å². The van der Waals surface area contributed by atoms with Crippen LogP contribution in [0.2, 0.25) is 25.7 Å². The number of rotatable bonds is 9. The van der Waals surface area contributed by atoms with Crippen LogP contribution >= 0.6 is 0 Å². The molecule has 0 bridgehead atoms. The highest BCUT2D eigenvalue weighted by atomic mass is 32.2. The van der Waals surface area contributed by atoms with Gasteiger partial charge in [-0.15, -0.1) is 0 Å². The van der Waals surface area contributed by atoms with Gasteiger partial charge in [-0.1, -0.05) is 19.6 Å². The molecule has 138 valence electrons. The first kappa shape index (κ1) is 20.7. The molecule has 0 aliphatic carbocycles. The Morgan fingerprint density at radius 1 is 1.38 bits per heavy atom. The highest BCUT2D eigenvalue weighted by Crippen LogP contribution is 2.21. The number of hydrogen-bond donors (Lipinski definition) is 0. The molecule has 0 spiro atoms. The Morgan fingerprint density at radius 2 is 2.00 bits per heavy atom. The van der Waals surface area contributed by atoms with Crippen molar-refractivity contribution in [3.8, 4) is 0 Å². The monoisotopic (exact) mass is 377 g/mol. The fourth-order valence-electron chi connectivity index (χ4n) is 1.76. The summed E-state index contributed by atoms with van der Waals surface area (Å²) in [5, 5.41) is 4.16. The van der Waals surface area contributed by atoms with E-state index in [1.165, 1.54) is 17.9 Å². The van der Waals surface area contributed by atoms with Crippen molar-refractivity contribution in [1.29, 1.82) is 0 Å². The summed E-state index contributed by atoms with van der Waals surface area (Å²) in [5.41, 5.74) is 0.0959. The number of sulfonamides is 1. The quantitative estimate of drug-likeness (QED) is 0.370. The van der Waals surface area contributed by atoms with Crippen LogP contribution in [0, 0.1) is 0 Å². The van der Waals surface area contributed by atoms with Crippen LogP contribution in [0.25, 0.3) is 0 Å². The van der Waals surface area contributed by atoms with Gasteiger partial charge in [0.25, 0.3) is 0 Å². The fraction of sp³-hybridized carbons (Fsp3) is 0.714.